The van der Waals surface area contributed by atoms with Crippen molar-refractivity contribution >= 4 is 35.0 Å². The summed E-state index contributed by atoms with van der Waals surface area (Å²) in [5, 5.41) is 3.02. The van der Waals surface area contributed by atoms with E-state index >= 15 is 0 Å². The van der Waals surface area contributed by atoms with Gasteiger partial charge in [-0.1, -0.05) is 25.4 Å². The van der Waals surface area contributed by atoms with E-state index in [1.54, 1.807) is 26.0 Å². The van der Waals surface area contributed by atoms with Crippen LogP contribution < -0.4 is 5.32 Å². The highest BCUT2D eigenvalue weighted by molar-refractivity contribution is 6.33. The highest BCUT2D eigenvalue weighted by Gasteiger charge is 2.08. The summed E-state index contributed by atoms with van der Waals surface area (Å²) < 4.78 is 0. The SMILES string of the molecule is CC(C)C(=O)Nc1ccc(Cl)c(N=C=O)c1. The summed E-state index contributed by atoms with van der Waals surface area (Å²) in [6.45, 7) is 3.57. The number of amides is 1. The molecule has 0 radical (unpaired) electrons. The van der Waals surface area contributed by atoms with Crippen LogP contribution in [0.1, 0.15) is 13.8 Å². The summed E-state index contributed by atoms with van der Waals surface area (Å²) >= 11 is 5.79. The standard InChI is InChI=1S/C11H11ClN2O2/c1-7(2)11(16)14-8-3-4-9(12)10(5-8)13-6-15/h3-5,7H,1-2H3,(H,14,16). The number of rotatable bonds is 3. The maximum absolute atomic E-state index is 11.4. The van der Waals surface area contributed by atoms with Crippen molar-refractivity contribution in [3.8, 4) is 0 Å². The second kappa shape index (κ2) is 5.45. The van der Waals surface area contributed by atoms with Crippen molar-refractivity contribution in [2.75, 3.05) is 5.32 Å². The van der Waals surface area contributed by atoms with Gasteiger partial charge in [-0.15, -0.1) is 0 Å². The maximum Gasteiger partial charge on any atom is 0.240 e. The van der Waals surface area contributed by atoms with Crippen molar-refractivity contribution in [3.63, 3.8) is 0 Å². The molecule has 0 aromatic heterocycles. The second-order valence-electron chi connectivity index (χ2n) is 3.51. The largest absolute Gasteiger partial charge is 0.326 e. The molecule has 1 amide bonds. The molecular formula is C11H11ClN2O2. The third-order valence-corrected chi connectivity index (χ3v) is 2.22. The molecule has 0 atom stereocenters. The monoisotopic (exact) mass is 238 g/mol. The number of aliphatic imine (C=N–C) groups is 1. The number of hydrogen-bond donors (Lipinski definition) is 1. The predicted octanol–water partition coefficient (Wildman–Crippen LogP) is 2.90. The number of isocyanates is 1. The fourth-order valence-electron chi connectivity index (χ4n) is 1.01. The predicted molar refractivity (Wildman–Crippen MR) is 62.7 cm³/mol. The van der Waals surface area contributed by atoms with Gasteiger partial charge in [0.05, 0.1) is 10.7 Å². The van der Waals surface area contributed by atoms with E-state index in [2.05, 4.69) is 10.3 Å². The van der Waals surface area contributed by atoms with E-state index in [0.29, 0.717) is 16.4 Å². The number of carbonyl (C=O) groups is 1. The average Bonchev–Trinajstić information content (AvgIpc) is 2.23. The molecule has 0 spiro atoms. The summed E-state index contributed by atoms with van der Waals surface area (Å²) in [4.78, 5) is 25.0. The number of anilines is 1. The molecule has 0 bridgehead atoms. The molecule has 0 aliphatic heterocycles. The Labute approximate surface area is 98.3 Å². The second-order valence-corrected chi connectivity index (χ2v) is 3.92. The first kappa shape index (κ1) is 12.4. The summed E-state index contributed by atoms with van der Waals surface area (Å²) in [6, 6.07) is 4.73. The molecule has 0 saturated heterocycles. The molecule has 4 nitrogen and oxygen atoms in total. The summed E-state index contributed by atoms with van der Waals surface area (Å²) in [7, 11) is 0. The van der Waals surface area contributed by atoms with Crippen LogP contribution in [0, 0.1) is 5.92 Å². The van der Waals surface area contributed by atoms with Crippen LogP contribution in [0.2, 0.25) is 5.02 Å². The Bertz CT molecular complexity index is 451. The van der Waals surface area contributed by atoms with E-state index in [9.17, 15) is 9.59 Å². The van der Waals surface area contributed by atoms with Crippen LogP contribution >= 0.6 is 11.6 Å². The smallest absolute Gasteiger partial charge is 0.240 e. The minimum Gasteiger partial charge on any atom is -0.326 e. The Morgan fingerprint density at radius 1 is 1.50 bits per heavy atom. The highest BCUT2D eigenvalue weighted by atomic mass is 35.5. The summed E-state index contributed by atoms with van der Waals surface area (Å²) in [5.41, 5.74) is 0.843. The molecule has 0 heterocycles. The Morgan fingerprint density at radius 3 is 2.75 bits per heavy atom. The first-order valence-electron chi connectivity index (χ1n) is 4.73. The molecule has 16 heavy (non-hydrogen) atoms. The van der Waals surface area contributed by atoms with Crippen LogP contribution in [0.4, 0.5) is 11.4 Å². The van der Waals surface area contributed by atoms with Gasteiger partial charge < -0.3 is 5.32 Å². The Morgan fingerprint density at radius 2 is 2.19 bits per heavy atom. The Hall–Kier alpha value is -1.64. The van der Waals surface area contributed by atoms with Crippen LogP contribution in [-0.2, 0) is 9.59 Å². The molecule has 0 fully saturated rings. The van der Waals surface area contributed by atoms with E-state index in [-0.39, 0.29) is 11.8 Å². The lowest BCUT2D eigenvalue weighted by Gasteiger charge is -2.08. The van der Waals surface area contributed by atoms with E-state index in [1.807, 2.05) is 0 Å². The van der Waals surface area contributed by atoms with Crippen molar-refractivity contribution in [2.24, 2.45) is 10.9 Å². The molecule has 1 rings (SSSR count). The lowest BCUT2D eigenvalue weighted by Crippen LogP contribution is -2.17. The lowest BCUT2D eigenvalue weighted by atomic mass is 10.2. The van der Waals surface area contributed by atoms with Gasteiger partial charge in [-0.3, -0.25) is 4.79 Å². The number of halogens is 1. The van der Waals surface area contributed by atoms with Crippen LogP contribution in [0.15, 0.2) is 23.2 Å². The van der Waals surface area contributed by atoms with E-state index in [1.165, 1.54) is 12.1 Å². The molecule has 0 unspecified atom stereocenters. The van der Waals surface area contributed by atoms with Crippen molar-refractivity contribution < 1.29 is 9.59 Å². The molecule has 0 aliphatic carbocycles. The minimum absolute atomic E-state index is 0.108. The number of hydrogen-bond acceptors (Lipinski definition) is 3. The molecule has 84 valence electrons. The van der Waals surface area contributed by atoms with Crippen LogP contribution in [0.25, 0.3) is 0 Å². The lowest BCUT2D eigenvalue weighted by molar-refractivity contribution is -0.118. The van der Waals surface area contributed by atoms with Crippen molar-refractivity contribution in [3.05, 3.63) is 23.2 Å². The fourth-order valence-corrected chi connectivity index (χ4v) is 1.17. The number of nitrogens with one attached hydrogen (secondary N) is 1. The van der Waals surface area contributed by atoms with Gasteiger partial charge in [0.25, 0.3) is 0 Å². The van der Waals surface area contributed by atoms with Gasteiger partial charge in [0.15, 0.2) is 0 Å². The van der Waals surface area contributed by atoms with Gasteiger partial charge in [-0.25, -0.2) is 4.79 Å². The zero-order chi connectivity index (χ0) is 12.1. The number of benzene rings is 1. The first-order valence-corrected chi connectivity index (χ1v) is 5.10. The zero-order valence-electron chi connectivity index (χ0n) is 8.95. The van der Waals surface area contributed by atoms with Gasteiger partial charge in [0.2, 0.25) is 12.0 Å². The Balaban J connectivity index is 2.95. The molecule has 1 aromatic rings. The van der Waals surface area contributed by atoms with Crippen molar-refractivity contribution in [1.82, 2.24) is 0 Å². The van der Waals surface area contributed by atoms with Gasteiger partial charge in [-0.2, -0.15) is 4.99 Å². The van der Waals surface area contributed by atoms with Crippen molar-refractivity contribution in [2.45, 2.75) is 13.8 Å². The van der Waals surface area contributed by atoms with E-state index < -0.39 is 0 Å². The third kappa shape index (κ3) is 3.19. The quantitative estimate of drug-likeness (QED) is 0.650. The van der Waals surface area contributed by atoms with Gasteiger partial charge in [0.1, 0.15) is 0 Å². The molecule has 5 heteroatoms. The molecular weight excluding hydrogens is 228 g/mol. The fraction of sp³-hybridized carbons (Fsp3) is 0.273. The summed E-state index contributed by atoms with van der Waals surface area (Å²) in [6.07, 6.45) is 1.41. The zero-order valence-corrected chi connectivity index (χ0v) is 9.71. The van der Waals surface area contributed by atoms with Crippen LogP contribution in [-0.4, -0.2) is 12.0 Å². The van der Waals surface area contributed by atoms with Crippen LogP contribution in [0.3, 0.4) is 0 Å². The van der Waals surface area contributed by atoms with Crippen molar-refractivity contribution in [1.29, 1.82) is 0 Å². The number of carbonyl (C=O) groups excluding carboxylic acids is 2. The van der Waals surface area contributed by atoms with Gasteiger partial charge in [0, 0.05) is 11.6 Å². The molecule has 0 saturated carbocycles. The summed E-state index contributed by atoms with van der Waals surface area (Å²) in [5.74, 6) is -0.225. The highest BCUT2D eigenvalue weighted by Crippen LogP contribution is 2.27. The third-order valence-electron chi connectivity index (χ3n) is 1.90. The maximum atomic E-state index is 11.4. The Kier molecular flexibility index (Phi) is 4.23. The van der Waals surface area contributed by atoms with E-state index in [4.69, 9.17) is 11.6 Å². The first-order chi connectivity index (χ1) is 7.54. The molecule has 1 N–H and O–H groups in total. The van der Waals surface area contributed by atoms with E-state index in [0.717, 1.165) is 0 Å². The average molecular weight is 239 g/mol. The normalized spacial score (nSPS) is 9.75. The molecule has 0 aliphatic rings. The molecule has 1 aromatic carbocycles. The van der Waals surface area contributed by atoms with Crippen LogP contribution in [0.5, 0.6) is 0 Å². The number of nitrogens with zero attached hydrogens (tertiary/aromatic N) is 1. The topological polar surface area (TPSA) is 58.5 Å². The minimum atomic E-state index is -0.117. The van der Waals surface area contributed by atoms with Gasteiger partial charge in [-0.05, 0) is 18.2 Å². The van der Waals surface area contributed by atoms with Gasteiger partial charge >= 0.3 is 0 Å².